The third-order valence-electron chi connectivity index (χ3n) is 1.59. The molecule has 0 aromatic heterocycles. The van der Waals surface area contributed by atoms with E-state index in [2.05, 4.69) is 6.58 Å². The van der Waals surface area contributed by atoms with Gasteiger partial charge < -0.3 is 10.5 Å². The molecule has 2 atom stereocenters. The van der Waals surface area contributed by atoms with E-state index in [1.807, 2.05) is 13.0 Å². The largest absolute Gasteiger partial charge is 0.384 e. The fourth-order valence-corrected chi connectivity index (χ4v) is 0.863. The van der Waals surface area contributed by atoms with Crippen LogP contribution in [0.15, 0.2) is 12.7 Å². The molecule has 0 radical (unpaired) electrons. The minimum absolute atomic E-state index is 0.193. The highest BCUT2D eigenvalue weighted by atomic mass is 16.5. The van der Waals surface area contributed by atoms with E-state index in [4.69, 9.17) is 10.5 Å². The molecule has 0 aromatic carbocycles. The van der Waals surface area contributed by atoms with Crippen LogP contribution in [0.4, 0.5) is 0 Å². The lowest BCUT2D eigenvalue weighted by Gasteiger charge is -2.17. The fraction of sp³-hybridized carbons (Fsp3) is 0.750. The van der Waals surface area contributed by atoms with Crippen LogP contribution >= 0.6 is 0 Å². The predicted octanol–water partition coefficient (Wildman–Crippen LogP) is 1.17. The molecule has 2 nitrogen and oxygen atoms in total. The quantitative estimate of drug-likeness (QED) is 0.586. The normalized spacial score (nSPS) is 16.3. The summed E-state index contributed by atoms with van der Waals surface area (Å²) in [6.45, 7) is 6.37. The van der Waals surface area contributed by atoms with E-state index < -0.39 is 0 Å². The lowest BCUT2D eigenvalue weighted by Crippen LogP contribution is -2.29. The number of nitrogens with two attached hydrogens (primary N) is 1. The van der Waals surface area contributed by atoms with E-state index in [0.717, 1.165) is 13.0 Å². The fourth-order valence-electron chi connectivity index (χ4n) is 0.863. The van der Waals surface area contributed by atoms with Gasteiger partial charge in [0.05, 0.1) is 6.61 Å². The van der Waals surface area contributed by atoms with E-state index in [0.29, 0.717) is 5.92 Å². The number of hydrogen-bond acceptors (Lipinski definition) is 2. The molecule has 10 heavy (non-hydrogen) atoms. The molecule has 0 saturated carbocycles. The zero-order chi connectivity index (χ0) is 7.98. The Hall–Kier alpha value is -0.340. The second-order valence-electron chi connectivity index (χ2n) is 2.60. The van der Waals surface area contributed by atoms with Crippen LogP contribution in [-0.2, 0) is 4.74 Å². The molecule has 0 rings (SSSR count). The smallest absolute Gasteiger partial charge is 0.0508 e. The van der Waals surface area contributed by atoms with E-state index >= 15 is 0 Å². The van der Waals surface area contributed by atoms with Crippen LogP contribution in [0.5, 0.6) is 0 Å². The summed E-state index contributed by atoms with van der Waals surface area (Å²) in [5.74, 6) is 0.419. The van der Waals surface area contributed by atoms with Gasteiger partial charge in [-0.1, -0.05) is 6.08 Å². The second kappa shape index (κ2) is 5.45. The minimum atomic E-state index is 0.193. The molecule has 0 aliphatic heterocycles. The van der Waals surface area contributed by atoms with Crippen molar-refractivity contribution < 1.29 is 4.74 Å². The molecule has 2 N–H and O–H groups in total. The Bertz CT molecular complexity index is 91.3. The number of allylic oxidation sites excluding steroid dienone is 1. The molecule has 0 saturated heterocycles. The van der Waals surface area contributed by atoms with Crippen molar-refractivity contribution in [3.05, 3.63) is 12.7 Å². The van der Waals surface area contributed by atoms with Gasteiger partial charge in [-0.25, -0.2) is 0 Å². The molecule has 0 spiro atoms. The predicted molar refractivity (Wildman–Crippen MR) is 43.8 cm³/mol. The van der Waals surface area contributed by atoms with Crippen molar-refractivity contribution in [3.63, 3.8) is 0 Å². The zero-order valence-corrected chi connectivity index (χ0v) is 6.84. The van der Waals surface area contributed by atoms with Gasteiger partial charge in [0.15, 0.2) is 0 Å². The van der Waals surface area contributed by atoms with Gasteiger partial charge in [0.25, 0.3) is 0 Å². The number of rotatable bonds is 5. The maximum atomic E-state index is 5.68. The summed E-state index contributed by atoms with van der Waals surface area (Å²) >= 11 is 0. The molecule has 0 aliphatic rings. The van der Waals surface area contributed by atoms with Crippen LogP contribution in [0.1, 0.15) is 13.3 Å². The van der Waals surface area contributed by atoms with Gasteiger partial charge in [0.1, 0.15) is 0 Å². The van der Waals surface area contributed by atoms with E-state index in [1.54, 1.807) is 7.11 Å². The Morgan fingerprint density at radius 1 is 1.70 bits per heavy atom. The molecule has 60 valence electrons. The van der Waals surface area contributed by atoms with Crippen molar-refractivity contribution in [1.29, 1.82) is 0 Å². The Kier molecular flexibility index (Phi) is 5.26. The van der Waals surface area contributed by atoms with Gasteiger partial charge in [-0.05, 0) is 13.3 Å². The van der Waals surface area contributed by atoms with Gasteiger partial charge >= 0.3 is 0 Å². The number of hydrogen-bond donors (Lipinski definition) is 1. The number of methoxy groups -OCH3 is 1. The van der Waals surface area contributed by atoms with Gasteiger partial charge in [0.2, 0.25) is 0 Å². The molecule has 0 aliphatic carbocycles. The van der Waals surface area contributed by atoms with Gasteiger partial charge in [-0.15, -0.1) is 6.58 Å². The summed E-state index contributed by atoms with van der Waals surface area (Å²) in [5.41, 5.74) is 5.68. The highest BCUT2D eigenvalue weighted by Gasteiger charge is 2.10. The van der Waals surface area contributed by atoms with Crippen LogP contribution in [0.25, 0.3) is 0 Å². The van der Waals surface area contributed by atoms with E-state index in [-0.39, 0.29) is 6.04 Å². The first-order chi connectivity index (χ1) is 4.72. The van der Waals surface area contributed by atoms with Crippen LogP contribution < -0.4 is 5.73 Å². The average Bonchev–Trinajstić information content (AvgIpc) is 1.87. The third kappa shape index (κ3) is 3.64. The summed E-state index contributed by atoms with van der Waals surface area (Å²) in [6.07, 6.45) is 2.82. The highest BCUT2D eigenvalue weighted by molar-refractivity contribution is 4.77. The standard InChI is InChI=1S/C8H17NO/c1-4-5-8(6-10-3)7(2)9/h4,7-8H,1,5-6,9H2,2-3H3. The van der Waals surface area contributed by atoms with Crippen LogP contribution in [0, 0.1) is 5.92 Å². The molecule has 2 heteroatoms. The Morgan fingerprint density at radius 2 is 2.30 bits per heavy atom. The summed E-state index contributed by atoms with van der Waals surface area (Å²) in [5, 5.41) is 0. The molecular weight excluding hydrogens is 126 g/mol. The summed E-state index contributed by atoms with van der Waals surface area (Å²) in [4.78, 5) is 0. The molecule has 0 heterocycles. The SMILES string of the molecule is C=CCC(COC)C(C)N. The van der Waals surface area contributed by atoms with E-state index in [1.165, 1.54) is 0 Å². The van der Waals surface area contributed by atoms with Gasteiger partial charge in [0, 0.05) is 19.1 Å². The second-order valence-corrected chi connectivity index (χ2v) is 2.60. The molecule has 0 bridgehead atoms. The van der Waals surface area contributed by atoms with Crippen molar-refractivity contribution in [3.8, 4) is 0 Å². The van der Waals surface area contributed by atoms with Crippen LogP contribution in [-0.4, -0.2) is 19.8 Å². The Balaban J connectivity index is 3.60. The van der Waals surface area contributed by atoms with Crippen molar-refractivity contribution in [1.82, 2.24) is 0 Å². The van der Waals surface area contributed by atoms with Crippen molar-refractivity contribution >= 4 is 0 Å². The molecular formula is C8H17NO. The lowest BCUT2D eigenvalue weighted by molar-refractivity contribution is 0.143. The number of ether oxygens (including phenoxy) is 1. The van der Waals surface area contributed by atoms with Crippen molar-refractivity contribution in [2.45, 2.75) is 19.4 Å². The first kappa shape index (κ1) is 9.66. The van der Waals surface area contributed by atoms with Crippen molar-refractivity contribution in [2.75, 3.05) is 13.7 Å². The maximum Gasteiger partial charge on any atom is 0.0508 e. The molecule has 2 unspecified atom stereocenters. The Morgan fingerprint density at radius 3 is 2.60 bits per heavy atom. The topological polar surface area (TPSA) is 35.2 Å². The van der Waals surface area contributed by atoms with Crippen LogP contribution in [0.2, 0.25) is 0 Å². The third-order valence-corrected chi connectivity index (χ3v) is 1.59. The van der Waals surface area contributed by atoms with Crippen molar-refractivity contribution in [2.24, 2.45) is 11.7 Å². The van der Waals surface area contributed by atoms with Gasteiger partial charge in [-0.3, -0.25) is 0 Å². The molecule has 0 amide bonds. The highest BCUT2D eigenvalue weighted by Crippen LogP contribution is 2.07. The molecule has 0 fully saturated rings. The van der Waals surface area contributed by atoms with Crippen LogP contribution in [0.3, 0.4) is 0 Å². The minimum Gasteiger partial charge on any atom is -0.384 e. The summed E-state index contributed by atoms with van der Waals surface area (Å²) < 4.78 is 4.99. The maximum absolute atomic E-state index is 5.68. The van der Waals surface area contributed by atoms with Gasteiger partial charge in [-0.2, -0.15) is 0 Å². The monoisotopic (exact) mass is 143 g/mol. The van der Waals surface area contributed by atoms with E-state index in [9.17, 15) is 0 Å². The molecule has 0 aromatic rings. The summed E-state index contributed by atoms with van der Waals surface area (Å²) in [6, 6.07) is 0.193. The lowest BCUT2D eigenvalue weighted by atomic mass is 9.99. The zero-order valence-electron chi connectivity index (χ0n) is 6.84. The first-order valence-electron chi connectivity index (χ1n) is 3.57. The first-order valence-corrected chi connectivity index (χ1v) is 3.57. The Labute approximate surface area is 63.1 Å². The summed E-state index contributed by atoms with van der Waals surface area (Å²) in [7, 11) is 1.69. The average molecular weight is 143 g/mol.